The van der Waals surface area contributed by atoms with Crippen LogP contribution in [-0.2, 0) is 0 Å². The van der Waals surface area contributed by atoms with Crippen molar-refractivity contribution in [2.75, 3.05) is 7.11 Å². The average molecular weight is 242 g/mol. The van der Waals surface area contributed by atoms with E-state index in [-0.39, 0.29) is 0 Å². The smallest absolute Gasteiger partial charge is 0.339 e. The van der Waals surface area contributed by atoms with E-state index in [1.54, 1.807) is 6.92 Å². The van der Waals surface area contributed by atoms with Crippen LogP contribution in [0.15, 0.2) is 45.6 Å². The van der Waals surface area contributed by atoms with Crippen LogP contribution in [0.3, 0.4) is 0 Å². The molecule has 92 valence electrons. The number of rotatable bonds is 3. The first-order valence-electron chi connectivity index (χ1n) is 5.62. The lowest BCUT2D eigenvalue weighted by molar-refractivity contribution is 0.395. The van der Waals surface area contributed by atoms with Gasteiger partial charge in [-0.3, -0.25) is 0 Å². The number of hydrogen-bond acceptors (Lipinski definition) is 3. The fraction of sp³-hybridized carbons (Fsp3) is 0.133. The van der Waals surface area contributed by atoms with Gasteiger partial charge in [0, 0.05) is 0 Å². The van der Waals surface area contributed by atoms with Gasteiger partial charge in [-0.05, 0) is 18.6 Å². The largest absolute Gasteiger partial charge is 0.496 e. The van der Waals surface area contributed by atoms with Crippen LogP contribution < -0.4 is 10.4 Å². The topological polar surface area (TPSA) is 39.4 Å². The van der Waals surface area contributed by atoms with Crippen molar-refractivity contribution in [1.29, 1.82) is 0 Å². The van der Waals surface area contributed by atoms with Crippen LogP contribution in [0.4, 0.5) is 0 Å². The van der Waals surface area contributed by atoms with Crippen molar-refractivity contribution in [3.63, 3.8) is 0 Å². The van der Waals surface area contributed by atoms with Gasteiger partial charge in [0.15, 0.2) is 0 Å². The molecule has 0 aliphatic carbocycles. The van der Waals surface area contributed by atoms with Gasteiger partial charge >= 0.3 is 5.63 Å². The summed E-state index contributed by atoms with van der Waals surface area (Å²) in [5, 5.41) is 0. The van der Waals surface area contributed by atoms with Gasteiger partial charge in [-0.1, -0.05) is 36.4 Å². The maximum atomic E-state index is 11.2. The van der Waals surface area contributed by atoms with Crippen molar-refractivity contribution in [1.82, 2.24) is 0 Å². The lowest BCUT2D eigenvalue weighted by Crippen LogP contribution is -2.02. The summed E-state index contributed by atoms with van der Waals surface area (Å²) in [7, 11) is 1.54. The lowest BCUT2D eigenvalue weighted by Gasteiger charge is -2.05. The van der Waals surface area contributed by atoms with E-state index in [0.29, 0.717) is 11.5 Å². The fourth-order valence-corrected chi connectivity index (χ4v) is 1.71. The number of ether oxygens (including phenoxy) is 1. The van der Waals surface area contributed by atoms with Gasteiger partial charge in [0.2, 0.25) is 0 Å². The Labute approximate surface area is 105 Å². The van der Waals surface area contributed by atoms with Gasteiger partial charge < -0.3 is 9.15 Å². The Morgan fingerprint density at radius 1 is 1.17 bits per heavy atom. The summed E-state index contributed by atoms with van der Waals surface area (Å²) in [6.07, 6.45) is 3.83. The molecule has 0 saturated heterocycles. The summed E-state index contributed by atoms with van der Waals surface area (Å²) in [4.78, 5) is 11.2. The Bertz CT molecular complexity index is 609. The second kappa shape index (κ2) is 5.36. The number of benzene rings is 1. The molecule has 1 heterocycles. The maximum Gasteiger partial charge on any atom is 0.339 e. The van der Waals surface area contributed by atoms with Crippen molar-refractivity contribution in [2.45, 2.75) is 6.92 Å². The monoisotopic (exact) mass is 242 g/mol. The van der Waals surface area contributed by atoms with Crippen molar-refractivity contribution >= 4 is 12.2 Å². The highest BCUT2D eigenvalue weighted by atomic mass is 16.5. The number of aryl methyl sites for hydroxylation is 1. The van der Waals surface area contributed by atoms with Crippen molar-refractivity contribution in [3.05, 3.63) is 63.7 Å². The minimum absolute atomic E-state index is 0.402. The molecule has 1 aromatic heterocycles. The molecule has 0 unspecified atom stereocenters. The van der Waals surface area contributed by atoms with E-state index < -0.39 is 5.63 Å². The van der Waals surface area contributed by atoms with Crippen LogP contribution in [-0.4, -0.2) is 7.11 Å². The zero-order chi connectivity index (χ0) is 13.0. The summed E-state index contributed by atoms with van der Waals surface area (Å²) in [5.74, 6) is 1.07. The van der Waals surface area contributed by atoms with E-state index in [0.717, 1.165) is 11.1 Å². The minimum Gasteiger partial charge on any atom is -0.496 e. The van der Waals surface area contributed by atoms with Crippen LogP contribution in [0.5, 0.6) is 5.75 Å². The third-order valence-corrected chi connectivity index (χ3v) is 2.61. The number of hydrogen-bond donors (Lipinski definition) is 0. The molecule has 1 aromatic carbocycles. The van der Waals surface area contributed by atoms with Gasteiger partial charge in [0.25, 0.3) is 0 Å². The average Bonchev–Trinajstić information content (AvgIpc) is 2.38. The highest BCUT2D eigenvalue weighted by Gasteiger charge is 2.07. The predicted molar refractivity (Wildman–Crippen MR) is 71.6 cm³/mol. The van der Waals surface area contributed by atoms with Gasteiger partial charge in [-0.25, -0.2) is 4.79 Å². The van der Waals surface area contributed by atoms with Crippen LogP contribution >= 0.6 is 0 Å². The van der Waals surface area contributed by atoms with Gasteiger partial charge in [-0.2, -0.15) is 0 Å². The zero-order valence-electron chi connectivity index (χ0n) is 10.3. The first-order valence-corrected chi connectivity index (χ1v) is 5.62. The molecule has 3 heteroatoms. The SMILES string of the molecule is COc1cc(=O)oc(C)c1/C=C/c1ccccc1. The summed E-state index contributed by atoms with van der Waals surface area (Å²) in [6, 6.07) is 11.2. The third kappa shape index (κ3) is 2.69. The number of methoxy groups -OCH3 is 1. The Morgan fingerprint density at radius 2 is 1.89 bits per heavy atom. The molecule has 0 spiro atoms. The summed E-state index contributed by atoms with van der Waals surface area (Å²) in [6.45, 7) is 1.74. The molecule has 0 aliphatic heterocycles. The molecule has 0 radical (unpaired) electrons. The van der Waals surface area contributed by atoms with Gasteiger partial charge in [-0.15, -0.1) is 0 Å². The Balaban J connectivity index is 2.40. The summed E-state index contributed by atoms with van der Waals surface area (Å²) < 4.78 is 10.2. The predicted octanol–water partition coefficient (Wildman–Crippen LogP) is 3.13. The van der Waals surface area contributed by atoms with E-state index in [2.05, 4.69) is 0 Å². The van der Waals surface area contributed by atoms with E-state index in [9.17, 15) is 4.79 Å². The van der Waals surface area contributed by atoms with E-state index in [1.165, 1.54) is 13.2 Å². The normalized spacial score (nSPS) is 10.8. The molecule has 18 heavy (non-hydrogen) atoms. The summed E-state index contributed by atoms with van der Waals surface area (Å²) in [5.41, 5.74) is 1.45. The Morgan fingerprint density at radius 3 is 2.56 bits per heavy atom. The molecular weight excluding hydrogens is 228 g/mol. The first-order chi connectivity index (χ1) is 8.70. The highest BCUT2D eigenvalue weighted by molar-refractivity contribution is 5.73. The molecule has 0 atom stereocenters. The highest BCUT2D eigenvalue weighted by Crippen LogP contribution is 2.22. The van der Waals surface area contributed by atoms with Crippen LogP contribution in [0.1, 0.15) is 16.9 Å². The molecule has 0 N–H and O–H groups in total. The second-order valence-corrected chi connectivity index (χ2v) is 3.85. The summed E-state index contributed by atoms with van der Waals surface area (Å²) >= 11 is 0. The maximum absolute atomic E-state index is 11.2. The first kappa shape index (κ1) is 12.2. The molecule has 2 rings (SSSR count). The Hall–Kier alpha value is -2.29. The zero-order valence-corrected chi connectivity index (χ0v) is 10.3. The van der Waals surface area contributed by atoms with E-state index >= 15 is 0 Å². The molecule has 0 amide bonds. The molecule has 0 bridgehead atoms. The van der Waals surface area contributed by atoms with Crippen LogP contribution in [0, 0.1) is 6.92 Å². The van der Waals surface area contributed by atoms with Gasteiger partial charge in [0.05, 0.1) is 18.7 Å². The fourth-order valence-electron chi connectivity index (χ4n) is 1.71. The van der Waals surface area contributed by atoms with E-state index in [1.807, 2.05) is 42.5 Å². The quantitative estimate of drug-likeness (QED) is 0.830. The standard InChI is InChI=1S/C15H14O3/c1-11-13(14(17-2)10-15(16)18-11)9-8-12-6-4-3-5-7-12/h3-10H,1-2H3/b9-8+. The van der Waals surface area contributed by atoms with Gasteiger partial charge in [0.1, 0.15) is 11.5 Å². The molecule has 0 saturated carbocycles. The van der Waals surface area contributed by atoms with Crippen molar-refractivity contribution < 1.29 is 9.15 Å². The van der Waals surface area contributed by atoms with Crippen LogP contribution in [0.2, 0.25) is 0 Å². The molecule has 0 aliphatic rings. The molecule has 0 fully saturated rings. The third-order valence-electron chi connectivity index (χ3n) is 2.61. The van der Waals surface area contributed by atoms with Crippen molar-refractivity contribution in [3.8, 4) is 5.75 Å². The molecule has 2 aromatic rings. The van der Waals surface area contributed by atoms with Crippen LogP contribution in [0.25, 0.3) is 12.2 Å². The van der Waals surface area contributed by atoms with E-state index in [4.69, 9.17) is 9.15 Å². The molecular formula is C15H14O3. The molecule has 3 nitrogen and oxygen atoms in total. The minimum atomic E-state index is -0.402. The lowest BCUT2D eigenvalue weighted by atomic mass is 10.1. The second-order valence-electron chi connectivity index (χ2n) is 3.85. The Kier molecular flexibility index (Phi) is 3.63. The van der Waals surface area contributed by atoms with Crippen molar-refractivity contribution in [2.24, 2.45) is 0 Å².